The second-order valence-corrected chi connectivity index (χ2v) is 15.5. The molecule has 0 aliphatic carbocycles. The van der Waals surface area contributed by atoms with Gasteiger partial charge in [-0.15, -0.1) is 5.10 Å². The van der Waals surface area contributed by atoms with Gasteiger partial charge >= 0.3 is 6.09 Å². The normalized spacial score (nSPS) is 16.6. The summed E-state index contributed by atoms with van der Waals surface area (Å²) >= 11 is 0. The van der Waals surface area contributed by atoms with Crippen molar-refractivity contribution in [2.24, 2.45) is 5.92 Å². The lowest BCUT2D eigenvalue weighted by Gasteiger charge is -2.35. The number of carboxylic acid groups (broad SMARTS) is 1. The number of fused-ring (bicyclic) bond motifs is 1. The molecular formula is C37H51F2N5O7S. The molecule has 0 saturated carbocycles. The highest BCUT2D eigenvalue weighted by molar-refractivity contribution is 7.86. The van der Waals surface area contributed by atoms with Crippen LogP contribution in [0.1, 0.15) is 81.7 Å². The van der Waals surface area contributed by atoms with Crippen molar-refractivity contribution in [1.29, 1.82) is 0 Å². The van der Waals surface area contributed by atoms with E-state index in [0.717, 1.165) is 53.6 Å². The first kappa shape index (κ1) is 39.4. The summed E-state index contributed by atoms with van der Waals surface area (Å²) in [5.74, 6) is -2.79. The van der Waals surface area contributed by atoms with Crippen LogP contribution >= 0.6 is 0 Å². The van der Waals surface area contributed by atoms with E-state index in [1.807, 2.05) is 26.0 Å². The fourth-order valence-corrected chi connectivity index (χ4v) is 7.27. The smallest absolute Gasteiger partial charge is 0.407 e. The van der Waals surface area contributed by atoms with Crippen LogP contribution in [0.15, 0.2) is 36.4 Å². The highest BCUT2D eigenvalue weighted by Crippen LogP contribution is 2.43. The van der Waals surface area contributed by atoms with Crippen LogP contribution in [0, 0.1) is 12.8 Å². The quantitative estimate of drug-likeness (QED) is 0.108. The van der Waals surface area contributed by atoms with Gasteiger partial charge in [0.2, 0.25) is 0 Å². The van der Waals surface area contributed by atoms with E-state index in [9.17, 15) is 18.3 Å². The number of morpholine rings is 1. The molecule has 52 heavy (non-hydrogen) atoms. The number of benzene rings is 2. The molecule has 15 heteroatoms. The lowest BCUT2D eigenvalue weighted by atomic mass is 9.85. The van der Waals surface area contributed by atoms with Crippen molar-refractivity contribution in [3.05, 3.63) is 53.2 Å². The molecule has 3 aromatic rings. The predicted molar refractivity (Wildman–Crippen MR) is 196 cm³/mol. The maximum Gasteiger partial charge on any atom is 0.407 e. The standard InChI is InChI=1S/C37H51F2N5O7S/c1-4-52(47,48)51-20-9-7-5-6-8-19-50-34-25-31-27(3)41-42-35(32(31)24-33(34)43-17-21-49-22-18-43)40-26(2)28-11-10-12-30(23-28)37(38,39)29-13-15-44(16-14-29)36(45)46/h10-12,23-26,29H,4-9,13-22H2,1-3H3,(H,40,42)(H,45,46)/t26-/m1/s1. The Labute approximate surface area is 304 Å². The number of alkyl halides is 2. The zero-order valence-electron chi connectivity index (χ0n) is 30.3. The maximum absolute atomic E-state index is 15.7. The largest absolute Gasteiger partial charge is 0.491 e. The van der Waals surface area contributed by atoms with Crippen molar-refractivity contribution >= 4 is 38.5 Å². The molecule has 2 aliphatic rings. The predicted octanol–water partition coefficient (Wildman–Crippen LogP) is 7.13. The third-order valence-electron chi connectivity index (χ3n) is 9.96. The molecule has 0 unspecified atom stereocenters. The van der Waals surface area contributed by atoms with E-state index in [-0.39, 0.29) is 49.9 Å². The van der Waals surface area contributed by atoms with Crippen LogP contribution in [0.4, 0.5) is 25.1 Å². The lowest BCUT2D eigenvalue weighted by Crippen LogP contribution is -2.41. The van der Waals surface area contributed by atoms with Gasteiger partial charge in [-0.25, -0.2) is 13.6 Å². The molecule has 2 N–H and O–H groups in total. The maximum atomic E-state index is 15.7. The number of halogens is 2. The Bertz CT molecular complexity index is 1770. The molecule has 0 radical (unpaired) electrons. The average Bonchev–Trinajstić information content (AvgIpc) is 3.15. The zero-order chi connectivity index (χ0) is 37.3. The first-order valence-corrected chi connectivity index (χ1v) is 19.8. The van der Waals surface area contributed by atoms with Gasteiger partial charge in [-0.1, -0.05) is 37.5 Å². The van der Waals surface area contributed by atoms with Gasteiger partial charge in [-0.05, 0) is 70.2 Å². The molecule has 0 bridgehead atoms. The van der Waals surface area contributed by atoms with Crippen molar-refractivity contribution in [3.8, 4) is 5.75 Å². The van der Waals surface area contributed by atoms with E-state index in [4.69, 9.17) is 13.7 Å². The first-order chi connectivity index (χ1) is 24.9. The molecule has 2 aliphatic heterocycles. The van der Waals surface area contributed by atoms with Crippen LogP contribution in [0.2, 0.25) is 0 Å². The molecule has 2 aromatic carbocycles. The lowest BCUT2D eigenvalue weighted by molar-refractivity contribution is -0.0836. The van der Waals surface area contributed by atoms with Gasteiger partial charge < -0.3 is 29.7 Å². The molecule has 1 amide bonds. The first-order valence-electron chi connectivity index (χ1n) is 18.3. The van der Waals surface area contributed by atoms with E-state index >= 15 is 8.78 Å². The molecule has 3 heterocycles. The molecule has 12 nitrogen and oxygen atoms in total. The molecule has 286 valence electrons. The minimum atomic E-state index is -3.40. The number of amides is 1. The fourth-order valence-electron chi connectivity index (χ4n) is 6.73. The summed E-state index contributed by atoms with van der Waals surface area (Å²) in [7, 11) is -3.40. The number of hydrogen-bond donors (Lipinski definition) is 2. The number of carbonyl (C=O) groups is 1. The summed E-state index contributed by atoms with van der Waals surface area (Å²) in [5.41, 5.74) is 2.24. The van der Waals surface area contributed by atoms with Gasteiger partial charge in [0.15, 0.2) is 5.82 Å². The Morgan fingerprint density at radius 1 is 1.02 bits per heavy atom. The van der Waals surface area contributed by atoms with Crippen LogP contribution in [0.5, 0.6) is 5.75 Å². The molecule has 1 atom stereocenters. The number of nitrogens with one attached hydrogen (secondary N) is 1. The molecule has 1 aromatic heterocycles. The number of rotatable bonds is 17. The van der Waals surface area contributed by atoms with Crippen molar-refractivity contribution in [2.45, 2.75) is 77.7 Å². The fraction of sp³-hybridized carbons (Fsp3) is 0.595. The van der Waals surface area contributed by atoms with Crippen LogP contribution in [-0.2, 0) is 25.0 Å². The van der Waals surface area contributed by atoms with E-state index in [1.165, 1.54) is 17.0 Å². The molecule has 5 rings (SSSR count). The summed E-state index contributed by atoms with van der Waals surface area (Å²) in [6.07, 6.45) is 3.42. The van der Waals surface area contributed by atoms with Crippen molar-refractivity contribution in [1.82, 2.24) is 15.1 Å². The Morgan fingerprint density at radius 3 is 2.40 bits per heavy atom. The van der Waals surface area contributed by atoms with E-state index in [1.54, 1.807) is 13.0 Å². The van der Waals surface area contributed by atoms with Crippen LogP contribution in [0.25, 0.3) is 10.8 Å². The van der Waals surface area contributed by atoms with Gasteiger partial charge in [0.25, 0.3) is 16.0 Å². The molecular weight excluding hydrogens is 696 g/mol. The average molecular weight is 748 g/mol. The third-order valence-corrected chi connectivity index (χ3v) is 11.2. The summed E-state index contributed by atoms with van der Waals surface area (Å²) < 4.78 is 71.4. The Morgan fingerprint density at radius 2 is 1.71 bits per heavy atom. The zero-order valence-corrected chi connectivity index (χ0v) is 31.1. The monoisotopic (exact) mass is 747 g/mol. The number of ether oxygens (including phenoxy) is 2. The Hall–Kier alpha value is -3.82. The van der Waals surface area contributed by atoms with E-state index in [2.05, 4.69) is 26.5 Å². The molecule has 2 saturated heterocycles. The van der Waals surface area contributed by atoms with Gasteiger partial charge in [0.05, 0.1) is 49.6 Å². The second-order valence-electron chi connectivity index (χ2n) is 13.5. The number of unbranched alkanes of at least 4 members (excludes halogenated alkanes) is 4. The highest BCUT2D eigenvalue weighted by Gasteiger charge is 2.43. The summed E-state index contributed by atoms with van der Waals surface area (Å²) in [6, 6.07) is 10.1. The van der Waals surface area contributed by atoms with Gasteiger partial charge in [-0.2, -0.15) is 13.5 Å². The molecule has 0 spiro atoms. The van der Waals surface area contributed by atoms with Crippen molar-refractivity contribution < 1.29 is 40.8 Å². The Kier molecular flexibility index (Phi) is 13.5. The number of likely N-dealkylation sites (tertiary alicyclic amines) is 1. The van der Waals surface area contributed by atoms with Gasteiger partial charge in [-0.3, -0.25) is 4.18 Å². The number of piperidine rings is 1. The van der Waals surface area contributed by atoms with Crippen LogP contribution in [-0.4, -0.2) is 93.1 Å². The minimum Gasteiger partial charge on any atom is -0.491 e. The number of aryl methyl sites for hydroxylation is 1. The Balaban J connectivity index is 1.28. The van der Waals surface area contributed by atoms with E-state index < -0.39 is 28.1 Å². The van der Waals surface area contributed by atoms with Gasteiger partial charge in [0.1, 0.15) is 5.75 Å². The van der Waals surface area contributed by atoms with Crippen LogP contribution < -0.4 is 15.0 Å². The van der Waals surface area contributed by atoms with Crippen molar-refractivity contribution in [2.75, 3.05) is 68.6 Å². The third kappa shape index (κ3) is 9.98. The second kappa shape index (κ2) is 17.8. The summed E-state index contributed by atoms with van der Waals surface area (Å²) in [6.45, 7) is 8.86. The highest BCUT2D eigenvalue weighted by atomic mass is 32.2. The SMILES string of the molecule is CCS(=O)(=O)OCCCCCCCOc1cc2c(C)nnc(N[C@H](C)c3cccc(C(F)(F)C4CCN(C(=O)O)CC4)c3)c2cc1N1CCOCC1. The summed E-state index contributed by atoms with van der Waals surface area (Å²) in [4.78, 5) is 14.7. The molecule has 2 fully saturated rings. The number of hydrogen-bond acceptors (Lipinski definition) is 10. The number of nitrogens with zero attached hydrogens (tertiary/aromatic N) is 4. The van der Waals surface area contributed by atoms with Crippen LogP contribution in [0.3, 0.4) is 0 Å². The number of aromatic nitrogens is 2. The van der Waals surface area contributed by atoms with E-state index in [0.29, 0.717) is 50.7 Å². The van der Waals surface area contributed by atoms with Crippen molar-refractivity contribution in [3.63, 3.8) is 0 Å². The van der Waals surface area contributed by atoms with Gasteiger partial charge in [0, 0.05) is 48.4 Å². The minimum absolute atomic E-state index is 0.0206. The topological polar surface area (TPSA) is 143 Å². The summed E-state index contributed by atoms with van der Waals surface area (Å²) in [5, 5.41) is 23.3. The number of anilines is 2.